The summed E-state index contributed by atoms with van der Waals surface area (Å²) >= 11 is 13.6. The van der Waals surface area contributed by atoms with Crippen molar-refractivity contribution in [2.75, 3.05) is 13.7 Å². The number of ether oxygens (including phenoxy) is 1. The first-order chi connectivity index (χ1) is 14.3. The average Bonchev–Trinajstić information content (AvgIpc) is 2.95. The highest BCUT2D eigenvalue weighted by molar-refractivity contribution is 8.18. The maximum absolute atomic E-state index is 12.6. The van der Waals surface area contributed by atoms with Crippen molar-refractivity contribution in [1.29, 1.82) is 0 Å². The molecule has 30 heavy (non-hydrogen) atoms. The quantitative estimate of drug-likeness (QED) is 0.504. The molecule has 9 heteroatoms. The summed E-state index contributed by atoms with van der Waals surface area (Å²) in [5.41, 5.74) is 1.31. The molecule has 1 aliphatic rings. The summed E-state index contributed by atoms with van der Waals surface area (Å²) < 4.78 is 5.33. The molecule has 0 bridgehead atoms. The minimum atomic E-state index is -1.02. The predicted molar refractivity (Wildman–Crippen MR) is 120 cm³/mol. The number of hydrogen-bond acceptors (Lipinski definition) is 5. The number of carboxylic acid groups (broad SMARTS) is 1. The van der Waals surface area contributed by atoms with E-state index in [-0.39, 0.29) is 33.9 Å². The monoisotopic (exact) mass is 460 g/mol. The predicted octanol–water partition coefficient (Wildman–Crippen LogP) is 4.94. The van der Waals surface area contributed by atoms with Crippen LogP contribution in [0.15, 0.2) is 46.3 Å². The summed E-state index contributed by atoms with van der Waals surface area (Å²) in [6, 6.07) is 9.30. The molecule has 0 aromatic heterocycles. The van der Waals surface area contributed by atoms with Crippen LogP contribution in [0.1, 0.15) is 15.9 Å². The number of nitrogens with zero attached hydrogens (tertiary/aromatic N) is 2. The van der Waals surface area contributed by atoms with Gasteiger partial charge in [-0.25, -0.2) is 9.79 Å². The van der Waals surface area contributed by atoms with Crippen molar-refractivity contribution >= 4 is 63.8 Å². The number of aliphatic imine (C=N–C) groups is 1. The van der Waals surface area contributed by atoms with Gasteiger partial charge >= 0.3 is 5.97 Å². The van der Waals surface area contributed by atoms with Gasteiger partial charge in [0.1, 0.15) is 6.61 Å². The second kappa shape index (κ2) is 9.26. The molecular weight excluding hydrogens is 447 g/mol. The summed E-state index contributed by atoms with van der Waals surface area (Å²) in [6.45, 7) is 0.0340. The highest BCUT2D eigenvalue weighted by Gasteiger charge is 2.30. The molecule has 1 saturated heterocycles. The van der Waals surface area contributed by atoms with Gasteiger partial charge < -0.3 is 9.84 Å². The molecule has 0 aliphatic carbocycles. The fraction of sp³-hybridized carbons (Fsp3) is 0.0952. The molecule has 1 N–H and O–H groups in total. The first kappa shape index (κ1) is 21.8. The van der Waals surface area contributed by atoms with Crippen molar-refractivity contribution < 1.29 is 19.4 Å². The van der Waals surface area contributed by atoms with Crippen LogP contribution < -0.4 is 4.74 Å². The number of carbonyl (C=O) groups excluding carboxylic acids is 1. The van der Waals surface area contributed by atoms with Crippen LogP contribution in [0.3, 0.4) is 0 Å². The van der Waals surface area contributed by atoms with Gasteiger partial charge in [-0.3, -0.25) is 9.69 Å². The topological polar surface area (TPSA) is 79.2 Å². The van der Waals surface area contributed by atoms with Crippen molar-refractivity contribution in [3.63, 3.8) is 0 Å². The van der Waals surface area contributed by atoms with Crippen molar-refractivity contribution in [3.05, 3.63) is 62.5 Å². The second-order valence-corrected chi connectivity index (χ2v) is 7.85. The standard InChI is InChI=1S/C21H14Cl2N2O4S/c1-3-8-29-18-15(22)9-12(10-16(18)23)11-17-19(26)25(2)21(30-17)24-14-6-4-13(5-7-14)20(27)28/h1,4-7,9-11H,8H2,2H3,(H,27,28)/b17-11-,24-21?. The third-order valence-corrected chi connectivity index (χ3v) is 5.58. The molecule has 0 atom stereocenters. The number of hydrogen-bond donors (Lipinski definition) is 1. The Morgan fingerprint density at radius 1 is 1.30 bits per heavy atom. The number of thioether (sulfide) groups is 1. The maximum atomic E-state index is 12.6. The lowest BCUT2D eigenvalue weighted by atomic mass is 10.2. The van der Waals surface area contributed by atoms with Gasteiger partial charge in [0.15, 0.2) is 10.9 Å². The summed E-state index contributed by atoms with van der Waals surface area (Å²) in [6.07, 6.45) is 6.83. The minimum Gasteiger partial charge on any atom is -0.478 e. The second-order valence-electron chi connectivity index (χ2n) is 6.03. The van der Waals surface area contributed by atoms with Gasteiger partial charge in [0.05, 0.1) is 26.2 Å². The van der Waals surface area contributed by atoms with E-state index in [1.165, 1.54) is 28.8 Å². The summed E-state index contributed by atoms with van der Waals surface area (Å²) in [7, 11) is 1.61. The molecule has 6 nitrogen and oxygen atoms in total. The highest BCUT2D eigenvalue weighted by atomic mass is 35.5. The van der Waals surface area contributed by atoms with Gasteiger partial charge in [0, 0.05) is 7.05 Å². The maximum Gasteiger partial charge on any atom is 0.335 e. The molecule has 152 valence electrons. The van der Waals surface area contributed by atoms with E-state index in [9.17, 15) is 9.59 Å². The van der Waals surface area contributed by atoms with Gasteiger partial charge in [-0.05, 0) is 59.8 Å². The van der Waals surface area contributed by atoms with Crippen LogP contribution in [0.4, 0.5) is 5.69 Å². The third kappa shape index (κ3) is 4.79. The molecule has 1 aliphatic heterocycles. The number of terminal acetylenes is 1. The van der Waals surface area contributed by atoms with Crippen LogP contribution in [-0.4, -0.2) is 40.7 Å². The van der Waals surface area contributed by atoms with Crippen LogP contribution in [0.2, 0.25) is 10.0 Å². The molecular formula is C21H14Cl2N2O4S. The zero-order chi connectivity index (χ0) is 21.8. The van der Waals surface area contributed by atoms with E-state index in [1.807, 2.05) is 0 Å². The number of carbonyl (C=O) groups is 2. The Labute approximate surface area is 187 Å². The Hall–Kier alpha value is -2.92. The minimum absolute atomic E-state index is 0.0340. The molecule has 3 rings (SSSR count). The van der Waals surface area contributed by atoms with Gasteiger partial charge in [-0.15, -0.1) is 6.42 Å². The molecule has 1 amide bonds. The molecule has 0 spiro atoms. The normalized spacial score (nSPS) is 16.2. The summed E-state index contributed by atoms with van der Waals surface area (Å²) in [4.78, 5) is 29.8. The Kier molecular flexibility index (Phi) is 6.73. The van der Waals surface area contributed by atoms with E-state index in [2.05, 4.69) is 10.9 Å². The third-order valence-electron chi connectivity index (χ3n) is 3.96. The fourth-order valence-corrected chi connectivity index (χ4v) is 4.11. The molecule has 2 aromatic rings. The zero-order valence-corrected chi connectivity index (χ0v) is 17.9. The first-order valence-corrected chi connectivity index (χ1v) is 10.0. The van der Waals surface area contributed by atoms with Gasteiger partial charge in [-0.2, -0.15) is 0 Å². The number of benzene rings is 2. The van der Waals surface area contributed by atoms with E-state index in [1.54, 1.807) is 37.4 Å². The smallest absolute Gasteiger partial charge is 0.335 e. The lowest BCUT2D eigenvalue weighted by Crippen LogP contribution is -2.23. The van der Waals surface area contributed by atoms with Crippen molar-refractivity contribution in [3.8, 4) is 18.1 Å². The number of amidine groups is 1. The summed E-state index contributed by atoms with van der Waals surface area (Å²) in [5, 5.41) is 9.99. The van der Waals surface area contributed by atoms with Crippen LogP contribution in [0, 0.1) is 12.3 Å². The highest BCUT2D eigenvalue weighted by Crippen LogP contribution is 2.37. The number of aromatic carboxylic acids is 1. The Bertz CT molecular complexity index is 1100. The van der Waals surface area contributed by atoms with E-state index >= 15 is 0 Å². The van der Waals surface area contributed by atoms with Gasteiger partial charge in [0.25, 0.3) is 5.91 Å². The van der Waals surface area contributed by atoms with E-state index in [4.69, 9.17) is 39.5 Å². The molecule has 2 aromatic carbocycles. The lowest BCUT2D eigenvalue weighted by molar-refractivity contribution is -0.121. The van der Waals surface area contributed by atoms with Crippen LogP contribution >= 0.6 is 35.0 Å². The average molecular weight is 461 g/mol. The van der Waals surface area contributed by atoms with Gasteiger partial charge in [0.2, 0.25) is 0 Å². The van der Waals surface area contributed by atoms with Crippen LogP contribution in [-0.2, 0) is 4.79 Å². The largest absolute Gasteiger partial charge is 0.478 e. The van der Waals surface area contributed by atoms with E-state index < -0.39 is 5.97 Å². The van der Waals surface area contributed by atoms with Gasteiger partial charge in [-0.1, -0.05) is 29.1 Å². The van der Waals surface area contributed by atoms with Crippen molar-refractivity contribution in [2.24, 2.45) is 4.99 Å². The van der Waals surface area contributed by atoms with E-state index in [0.717, 1.165) is 0 Å². The number of likely N-dealkylation sites (N-methyl/N-ethyl adjacent to an activating group) is 1. The number of amides is 1. The Morgan fingerprint density at radius 2 is 1.93 bits per heavy atom. The number of carboxylic acids is 1. The van der Waals surface area contributed by atoms with Crippen molar-refractivity contribution in [1.82, 2.24) is 4.90 Å². The first-order valence-electron chi connectivity index (χ1n) is 8.45. The fourth-order valence-electron chi connectivity index (χ4n) is 2.51. The zero-order valence-electron chi connectivity index (χ0n) is 15.6. The molecule has 1 fully saturated rings. The molecule has 0 radical (unpaired) electrons. The Balaban J connectivity index is 1.86. The van der Waals surface area contributed by atoms with Crippen LogP contribution in [0.5, 0.6) is 5.75 Å². The Morgan fingerprint density at radius 3 is 2.50 bits per heavy atom. The number of rotatable bonds is 5. The van der Waals surface area contributed by atoms with E-state index in [0.29, 0.717) is 21.3 Å². The van der Waals surface area contributed by atoms with Crippen LogP contribution in [0.25, 0.3) is 6.08 Å². The summed E-state index contributed by atoms with van der Waals surface area (Å²) in [5.74, 6) is 1.37. The molecule has 0 unspecified atom stereocenters. The molecule has 0 saturated carbocycles. The van der Waals surface area contributed by atoms with Crippen molar-refractivity contribution in [2.45, 2.75) is 0 Å². The SMILES string of the molecule is C#CCOc1c(Cl)cc(/C=C2\SC(=Nc3ccc(C(=O)O)cc3)N(C)C2=O)cc1Cl. The lowest BCUT2D eigenvalue weighted by Gasteiger charge is -2.08. The number of halogens is 2. The molecule has 1 heterocycles.